The quantitative estimate of drug-likeness (QED) is 0.565. The van der Waals surface area contributed by atoms with Gasteiger partial charge in [0.15, 0.2) is 0 Å². The molecule has 1 saturated heterocycles. The molecular weight excluding hydrogens is 140 g/mol. The van der Waals surface area contributed by atoms with Crippen LogP contribution in [0, 0.1) is 5.41 Å². The Balaban J connectivity index is 1.97. The number of aliphatic hydroxyl groups excluding tert-OH is 1. The molecule has 2 nitrogen and oxygen atoms in total. The molecule has 2 aliphatic carbocycles. The van der Waals surface area contributed by atoms with Crippen LogP contribution < -0.4 is 0 Å². The number of aliphatic hydroxyl groups is 1. The molecule has 0 bridgehead atoms. The van der Waals surface area contributed by atoms with Crippen LogP contribution in [0.4, 0.5) is 0 Å². The Labute approximate surface area is 66.5 Å². The largest absolute Gasteiger partial charge is 0.390 e. The topological polar surface area (TPSA) is 29.5 Å². The molecule has 3 unspecified atom stereocenters. The first-order valence-electron chi connectivity index (χ1n) is 4.61. The summed E-state index contributed by atoms with van der Waals surface area (Å²) in [5.74, 6) is 0. The summed E-state index contributed by atoms with van der Waals surface area (Å²) in [6.45, 7) is 0.886. The predicted octanol–water partition coefficient (Wildman–Crippen LogP) is 1.08. The Hall–Kier alpha value is -0.0800. The molecule has 0 amide bonds. The third-order valence-corrected chi connectivity index (χ3v) is 3.99. The number of ether oxygens (including phenoxy) is 1. The van der Waals surface area contributed by atoms with Gasteiger partial charge in [-0.25, -0.2) is 0 Å². The van der Waals surface area contributed by atoms with Crippen molar-refractivity contribution in [2.75, 3.05) is 6.61 Å². The predicted molar refractivity (Wildman–Crippen MR) is 40.2 cm³/mol. The van der Waals surface area contributed by atoms with Gasteiger partial charge < -0.3 is 9.84 Å². The summed E-state index contributed by atoms with van der Waals surface area (Å²) in [5.41, 5.74) is 0.385. The van der Waals surface area contributed by atoms with Crippen molar-refractivity contribution in [2.45, 2.75) is 43.8 Å². The van der Waals surface area contributed by atoms with Gasteiger partial charge in [-0.15, -0.1) is 0 Å². The van der Waals surface area contributed by atoms with E-state index in [1.807, 2.05) is 0 Å². The van der Waals surface area contributed by atoms with Crippen LogP contribution in [0.25, 0.3) is 0 Å². The van der Waals surface area contributed by atoms with Crippen LogP contribution >= 0.6 is 0 Å². The molecule has 2 saturated carbocycles. The van der Waals surface area contributed by atoms with Crippen molar-refractivity contribution in [3.05, 3.63) is 0 Å². The van der Waals surface area contributed by atoms with Crippen LogP contribution in [0.1, 0.15) is 32.1 Å². The minimum Gasteiger partial charge on any atom is -0.390 e. The van der Waals surface area contributed by atoms with Crippen molar-refractivity contribution < 1.29 is 9.84 Å². The van der Waals surface area contributed by atoms with Gasteiger partial charge in [0.05, 0.1) is 6.10 Å². The Morgan fingerprint density at radius 1 is 1.36 bits per heavy atom. The first-order valence-corrected chi connectivity index (χ1v) is 4.61. The zero-order valence-electron chi connectivity index (χ0n) is 6.68. The summed E-state index contributed by atoms with van der Waals surface area (Å²) in [5, 5.41) is 9.75. The lowest BCUT2D eigenvalue weighted by Gasteiger charge is -2.28. The van der Waals surface area contributed by atoms with E-state index in [4.69, 9.17) is 4.74 Å². The second kappa shape index (κ2) is 1.64. The highest BCUT2D eigenvalue weighted by atomic mass is 16.5. The molecule has 0 aromatic heterocycles. The van der Waals surface area contributed by atoms with Crippen molar-refractivity contribution in [1.82, 2.24) is 0 Å². The van der Waals surface area contributed by atoms with Gasteiger partial charge in [-0.1, -0.05) is 6.42 Å². The van der Waals surface area contributed by atoms with Gasteiger partial charge in [-0.2, -0.15) is 0 Å². The van der Waals surface area contributed by atoms with Gasteiger partial charge in [-0.05, 0) is 25.7 Å². The molecule has 1 aliphatic heterocycles. The molecule has 0 aromatic rings. The van der Waals surface area contributed by atoms with Crippen LogP contribution in [0.3, 0.4) is 0 Å². The number of hydrogen-bond donors (Lipinski definition) is 1. The lowest BCUT2D eigenvalue weighted by atomic mass is 9.84. The highest BCUT2D eigenvalue weighted by molar-refractivity contribution is 5.25. The molecule has 2 heteroatoms. The minimum atomic E-state index is -0.154. The fourth-order valence-electron chi connectivity index (χ4n) is 3.25. The van der Waals surface area contributed by atoms with E-state index >= 15 is 0 Å². The number of rotatable bonds is 0. The Bertz CT molecular complexity index is 204. The van der Waals surface area contributed by atoms with Crippen LogP contribution in [0.5, 0.6) is 0 Å². The monoisotopic (exact) mass is 154 g/mol. The van der Waals surface area contributed by atoms with Crippen molar-refractivity contribution >= 4 is 0 Å². The van der Waals surface area contributed by atoms with E-state index in [0.29, 0.717) is 5.41 Å². The fraction of sp³-hybridized carbons (Fsp3) is 1.00. The van der Waals surface area contributed by atoms with Crippen molar-refractivity contribution in [1.29, 1.82) is 0 Å². The van der Waals surface area contributed by atoms with Crippen molar-refractivity contribution in [3.8, 4) is 0 Å². The summed E-state index contributed by atoms with van der Waals surface area (Å²) >= 11 is 0. The van der Waals surface area contributed by atoms with Gasteiger partial charge in [0.2, 0.25) is 0 Å². The summed E-state index contributed by atoms with van der Waals surface area (Å²) in [7, 11) is 0. The summed E-state index contributed by atoms with van der Waals surface area (Å²) in [4.78, 5) is 0. The van der Waals surface area contributed by atoms with Gasteiger partial charge in [-0.3, -0.25) is 0 Å². The van der Waals surface area contributed by atoms with Gasteiger partial charge in [0.25, 0.3) is 0 Å². The Morgan fingerprint density at radius 3 is 3.09 bits per heavy atom. The van der Waals surface area contributed by atoms with Crippen LogP contribution in [0.15, 0.2) is 0 Å². The van der Waals surface area contributed by atoms with Crippen molar-refractivity contribution in [3.63, 3.8) is 0 Å². The van der Waals surface area contributed by atoms with Gasteiger partial charge in [0, 0.05) is 12.0 Å². The highest BCUT2D eigenvalue weighted by Gasteiger charge is 2.75. The van der Waals surface area contributed by atoms with E-state index in [0.717, 1.165) is 19.4 Å². The Kier molecular flexibility index (Phi) is 0.961. The van der Waals surface area contributed by atoms with E-state index in [1.54, 1.807) is 0 Å². The van der Waals surface area contributed by atoms with Crippen LogP contribution in [-0.4, -0.2) is 23.4 Å². The second-order valence-electron chi connectivity index (χ2n) is 4.35. The van der Waals surface area contributed by atoms with E-state index in [2.05, 4.69) is 0 Å². The van der Waals surface area contributed by atoms with Crippen LogP contribution in [-0.2, 0) is 4.74 Å². The molecule has 11 heavy (non-hydrogen) atoms. The molecule has 62 valence electrons. The molecule has 0 spiro atoms. The first kappa shape index (κ1) is 6.44. The average molecular weight is 154 g/mol. The number of hydrogen-bond acceptors (Lipinski definition) is 2. The highest BCUT2D eigenvalue weighted by Crippen LogP contribution is 2.71. The minimum absolute atomic E-state index is 0.0503. The summed E-state index contributed by atoms with van der Waals surface area (Å²) in [6.07, 6.45) is 5.64. The maximum atomic E-state index is 9.75. The molecule has 3 aliphatic rings. The van der Waals surface area contributed by atoms with E-state index in [-0.39, 0.29) is 11.7 Å². The fourth-order valence-corrected chi connectivity index (χ4v) is 3.25. The zero-order chi connectivity index (χ0) is 7.53. The van der Waals surface area contributed by atoms with Crippen LogP contribution in [0.2, 0.25) is 0 Å². The molecule has 1 heterocycles. The third kappa shape index (κ3) is 0.541. The molecule has 1 N–H and O–H groups in total. The SMILES string of the molecule is OC1CCCC23CCOC12C3. The maximum absolute atomic E-state index is 9.75. The van der Waals surface area contributed by atoms with Gasteiger partial charge >= 0.3 is 0 Å². The summed E-state index contributed by atoms with van der Waals surface area (Å²) < 4.78 is 5.67. The molecule has 0 aromatic carbocycles. The third-order valence-electron chi connectivity index (χ3n) is 3.99. The van der Waals surface area contributed by atoms with Crippen molar-refractivity contribution in [2.24, 2.45) is 5.41 Å². The normalized spacial score (nSPS) is 60.3. The Morgan fingerprint density at radius 2 is 2.27 bits per heavy atom. The molecular formula is C9H14O2. The smallest absolute Gasteiger partial charge is 0.100 e. The lowest BCUT2D eigenvalue weighted by molar-refractivity contribution is -0.0587. The maximum Gasteiger partial charge on any atom is 0.100 e. The van der Waals surface area contributed by atoms with Gasteiger partial charge in [0.1, 0.15) is 5.60 Å². The molecule has 3 rings (SSSR count). The lowest BCUT2D eigenvalue weighted by Crippen LogP contribution is -2.36. The molecule has 3 fully saturated rings. The summed E-state index contributed by atoms with van der Waals surface area (Å²) in [6, 6.07) is 0. The average Bonchev–Trinajstić information content (AvgIpc) is 2.51. The second-order valence-corrected chi connectivity index (χ2v) is 4.35. The first-order chi connectivity index (χ1) is 5.29. The molecule has 0 radical (unpaired) electrons. The van der Waals surface area contributed by atoms with E-state index < -0.39 is 0 Å². The zero-order valence-corrected chi connectivity index (χ0v) is 6.68. The standard InChI is InChI=1S/C9H14O2/c10-7-2-1-3-8-4-5-11-9(7,8)6-8/h7,10H,1-6H2. The van der Waals surface area contributed by atoms with E-state index in [9.17, 15) is 5.11 Å². The molecule has 3 atom stereocenters. The van der Waals surface area contributed by atoms with E-state index in [1.165, 1.54) is 19.3 Å².